The molecule has 0 spiro atoms. The Morgan fingerprint density at radius 3 is 2.60 bits per heavy atom. The lowest BCUT2D eigenvalue weighted by Gasteiger charge is -2.33. The molecular formula is C19H29N3O3. The third kappa shape index (κ3) is 4.72. The van der Waals surface area contributed by atoms with Crippen molar-refractivity contribution in [2.24, 2.45) is 5.41 Å². The van der Waals surface area contributed by atoms with Crippen molar-refractivity contribution in [2.45, 2.75) is 40.2 Å². The fraction of sp³-hybridized carbons (Fsp3) is 0.579. The number of nitrogens with zero attached hydrogens (tertiary/aromatic N) is 2. The predicted molar refractivity (Wildman–Crippen MR) is 100 cm³/mol. The molecule has 1 aliphatic rings. The Bertz CT molecular complexity index is 650. The Morgan fingerprint density at radius 2 is 2.00 bits per heavy atom. The molecule has 0 saturated heterocycles. The van der Waals surface area contributed by atoms with Crippen LogP contribution < -0.4 is 15.0 Å². The zero-order chi connectivity index (χ0) is 18.8. The van der Waals surface area contributed by atoms with E-state index in [1.54, 1.807) is 11.8 Å². The van der Waals surface area contributed by atoms with Crippen LogP contribution in [0, 0.1) is 5.41 Å². The maximum absolute atomic E-state index is 12.6. The first kappa shape index (κ1) is 19.2. The molecule has 6 nitrogen and oxygen atoms in total. The third-order valence-corrected chi connectivity index (χ3v) is 4.09. The van der Waals surface area contributed by atoms with E-state index in [1.165, 1.54) is 0 Å². The molecule has 0 saturated carbocycles. The molecule has 6 heteroatoms. The summed E-state index contributed by atoms with van der Waals surface area (Å²) in [6.45, 7) is 8.87. The van der Waals surface area contributed by atoms with Crippen molar-refractivity contribution in [3.05, 3.63) is 18.2 Å². The summed E-state index contributed by atoms with van der Waals surface area (Å²) in [7, 11) is 4.02. The number of hydrogen-bond donors (Lipinski definition) is 1. The molecular weight excluding hydrogens is 318 g/mol. The summed E-state index contributed by atoms with van der Waals surface area (Å²) in [5.41, 5.74) is 0.901. The van der Waals surface area contributed by atoms with Gasteiger partial charge in [0.15, 0.2) is 6.10 Å². The molecule has 138 valence electrons. The average molecular weight is 347 g/mol. The molecule has 1 unspecified atom stereocenters. The van der Waals surface area contributed by atoms with Gasteiger partial charge in [0.25, 0.3) is 5.91 Å². The number of anilines is 2. The van der Waals surface area contributed by atoms with Crippen LogP contribution in [0.3, 0.4) is 0 Å². The van der Waals surface area contributed by atoms with Crippen LogP contribution in [0.15, 0.2) is 18.2 Å². The van der Waals surface area contributed by atoms with Gasteiger partial charge >= 0.3 is 0 Å². The molecule has 1 aromatic carbocycles. The van der Waals surface area contributed by atoms with Gasteiger partial charge in [-0.25, -0.2) is 0 Å². The molecule has 0 aromatic heterocycles. The van der Waals surface area contributed by atoms with E-state index in [0.29, 0.717) is 23.7 Å². The highest BCUT2D eigenvalue weighted by atomic mass is 16.5. The lowest BCUT2D eigenvalue weighted by Crippen LogP contribution is -2.45. The fourth-order valence-corrected chi connectivity index (χ4v) is 2.58. The molecule has 1 atom stereocenters. The molecule has 0 radical (unpaired) electrons. The number of fused-ring (bicyclic) bond motifs is 1. The number of carbonyl (C=O) groups excluding carboxylic acids is 2. The van der Waals surface area contributed by atoms with Gasteiger partial charge in [-0.15, -0.1) is 0 Å². The van der Waals surface area contributed by atoms with Gasteiger partial charge in [0, 0.05) is 17.6 Å². The highest BCUT2D eigenvalue weighted by molar-refractivity contribution is 6.01. The first-order chi connectivity index (χ1) is 11.6. The zero-order valence-corrected chi connectivity index (χ0v) is 16.0. The van der Waals surface area contributed by atoms with E-state index in [1.807, 2.05) is 53.1 Å². The van der Waals surface area contributed by atoms with Crippen LogP contribution in [-0.4, -0.2) is 50.0 Å². The highest BCUT2D eigenvalue weighted by Gasteiger charge is 2.31. The van der Waals surface area contributed by atoms with Crippen LogP contribution in [0.4, 0.5) is 11.4 Å². The van der Waals surface area contributed by atoms with Crippen LogP contribution in [0.5, 0.6) is 5.75 Å². The van der Waals surface area contributed by atoms with Crippen LogP contribution in [0.2, 0.25) is 0 Å². The molecule has 1 N–H and O–H groups in total. The van der Waals surface area contributed by atoms with E-state index in [2.05, 4.69) is 10.2 Å². The third-order valence-electron chi connectivity index (χ3n) is 4.09. The molecule has 25 heavy (non-hydrogen) atoms. The summed E-state index contributed by atoms with van der Waals surface area (Å²) in [5, 5.41) is 2.91. The zero-order valence-electron chi connectivity index (χ0n) is 16.0. The minimum absolute atomic E-state index is 0.0504. The lowest BCUT2D eigenvalue weighted by atomic mass is 9.95. The van der Waals surface area contributed by atoms with E-state index in [-0.39, 0.29) is 11.8 Å². The van der Waals surface area contributed by atoms with Gasteiger partial charge < -0.3 is 19.9 Å². The maximum Gasteiger partial charge on any atom is 0.267 e. The minimum atomic E-state index is -0.498. The molecule has 0 bridgehead atoms. The molecule has 0 aliphatic carbocycles. The molecule has 2 rings (SSSR count). The molecule has 1 aliphatic heterocycles. The Hall–Kier alpha value is -2.08. The number of hydrogen-bond acceptors (Lipinski definition) is 4. The Labute approximate surface area is 150 Å². The Balaban J connectivity index is 2.25. The first-order valence-electron chi connectivity index (χ1n) is 8.68. The summed E-state index contributed by atoms with van der Waals surface area (Å²) >= 11 is 0. The summed E-state index contributed by atoms with van der Waals surface area (Å²) in [4.78, 5) is 28.6. The number of ether oxygens (including phenoxy) is 1. The van der Waals surface area contributed by atoms with Crippen molar-refractivity contribution >= 4 is 23.2 Å². The van der Waals surface area contributed by atoms with Gasteiger partial charge in [-0.2, -0.15) is 0 Å². The van der Waals surface area contributed by atoms with Gasteiger partial charge in [-0.1, -0.05) is 20.8 Å². The Kier molecular flexibility index (Phi) is 5.72. The topological polar surface area (TPSA) is 61.9 Å². The largest absolute Gasteiger partial charge is 0.479 e. The van der Waals surface area contributed by atoms with Gasteiger partial charge in [0.05, 0.1) is 5.69 Å². The Morgan fingerprint density at radius 1 is 1.32 bits per heavy atom. The molecule has 1 aromatic rings. The van der Waals surface area contributed by atoms with Gasteiger partial charge in [-0.3, -0.25) is 9.59 Å². The van der Waals surface area contributed by atoms with Crippen molar-refractivity contribution in [1.82, 2.24) is 4.90 Å². The summed E-state index contributed by atoms with van der Waals surface area (Å²) in [6.07, 6.45) is 0.366. The fourth-order valence-electron chi connectivity index (χ4n) is 2.58. The first-order valence-corrected chi connectivity index (χ1v) is 8.68. The summed E-state index contributed by atoms with van der Waals surface area (Å²) < 4.78 is 5.71. The van der Waals surface area contributed by atoms with Crippen molar-refractivity contribution < 1.29 is 14.3 Å². The van der Waals surface area contributed by atoms with Crippen LogP contribution in [0.1, 0.15) is 34.1 Å². The van der Waals surface area contributed by atoms with E-state index in [0.717, 1.165) is 13.0 Å². The highest BCUT2D eigenvalue weighted by Crippen LogP contribution is 2.36. The monoisotopic (exact) mass is 347 g/mol. The van der Waals surface area contributed by atoms with Crippen LogP contribution >= 0.6 is 0 Å². The van der Waals surface area contributed by atoms with E-state index in [9.17, 15) is 9.59 Å². The number of rotatable bonds is 5. The molecule has 2 amide bonds. The van der Waals surface area contributed by atoms with Crippen molar-refractivity contribution in [2.75, 3.05) is 37.4 Å². The summed E-state index contributed by atoms with van der Waals surface area (Å²) in [6, 6.07) is 5.44. The summed E-state index contributed by atoms with van der Waals surface area (Å²) in [5.74, 6) is 0.555. The average Bonchev–Trinajstić information content (AvgIpc) is 2.50. The quantitative estimate of drug-likeness (QED) is 0.890. The standard InChI is InChI=1S/C19H29N3O3/c1-13-17(23)22(11-7-10-21(5)6)15-12-14(8-9-16(15)25-13)20-18(24)19(2,3)4/h8-9,12-13H,7,10-11H2,1-6H3,(H,20,24). The van der Waals surface area contributed by atoms with Crippen LogP contribution in [0.25, 0.3) is 0 Å². The van der Waals surface area contributed by atoms with E-state index in [4.69, 9.17) is 4.74 Å². The lowest BCUT2D eigenvalue weighted by molar-refractivity contribution is -0.125. The van der Waals surface area contributed by atoms with E-state index >= 15 is 0 Å². The second-order valence-corrected chi connectivity index (χ2v) is 7.79. The molecule has 1 heterocycles. The second-order valence-electron chi connectivity index (χ2n) is 7.79. The predicted octanol–water partition coefficient (Wildman–Crippen LogP) is 2.74. The SMILES string of the molecule is CC1Oc2ccc(NC(=O)C(C)(C)C)cc2N(CCCN(C)C)C1=O. The van der Waals surface area contributed by atoms with Gasteiger partial charge in [0.1, 0.15) is 5.75 Å². The number of carbonyl (C=O) groups is 2. The molecule has 0 fully saturated rings. The normalized spacial score (nSPS) is 17.3. The van der Waals surface area contributed by atoms with Crippen LogP contribution in [-0.2, 0) is 9.59 Å². The van der Waals surface area contributed by atoms with Crippen molar-refractivity contribution in [3.8, 4) is 5.75 Å². The van der Waals surface area contributed by atoms with Crippen molar-refractivity contribution in [1.29, 1.82) is 0 Å². The minimum Gasteiger partial charge on any atom is -0.479 e. The maximum atomic E-state index is 12.6. The second kappa shape index (κ2) is 7.44. The van der Waals surface area contributed by atoms with Crippen molar-refractivity contribution in [3.63, 3.8) is 0 Å². The van der Waals surface area contributed by atoms with Gasteiger partial charge in [0.2, 0.25) is 5.91 Å². The number of amides is 2. The number of nitrogens with one attached hydrogen (secondary N) is 1. The number of benzene rings is 1. The van der Waals surface area contributed by atoms with Gasteiger partial charge in [-0.05, 0) is 52.2 Å². The van der Waals surface area contributed by atoms with E-state index < -0.39 is 11.5 Å². The smallest absolute Gasteiger partial charge is 0.267 e.